The highest BCUT2D eigenvalue weighted by molar-refractivity contribution is 7.98. The predicted molar refractivity (Wildman–Crippen MR) is 132 cm³/mol. The van der Waals surface area contributed by atoms with E-state index in [4.69, 9.17) is 5.73 Å². The number of carboxylic acids is 1. The first kappa shape index (κ1) is 27.7. The van der Waals surface area contributed by atoms with Crippen LogP contribution in [0.2, 0.25) is 0 Å². The van der Waals surface area contributed by atoms with Crippen LogP contribution in [0.25, 0.3) is 0 Å². The number of nitrogens with one attached hydrogen (secondary N) is 2. The molecule has 2 rings (SSSR count). The van der Waals surface area contributed by atoms with E-state index in [1.807, 2.05) is 36.6 Å². The fourth-order valence-corrected chi connectivity index (χ4v) is 4.47. The average Bonchev–Trinajstić information content (AvgIpc) is 3.30. The summed E-state index contributed by atoms with van der Waals surface area (Å²) < 4.78 is 0. The van der Waals surface area contributed by atoms with Gasteiger partial charge in [0.25, 0.3) is 0 Å². The Labute approximate surface area is 205 Å². The van der Waals surface area contributed by atoms with Gasteiger partial charge in [0.2, 0.25) is 17.7 Å². The summed E-state index contributed by atoms with van der Waals surface area (Å²) >= 11 is 1.53. The van der Waals surface area contributed by atoms with Crippen molar-refractivity contribution in [2.45, 2.75) is 63.7 Å². The zero-order chi connectivity index (χ0) is 25.3. The number of carbonyl (C=O) groups is 4. The van der Waals surface area contributed by atoms with Crippen molar-refractivity contribution >= 4 is 35.5 Å². The second-order valence-electron chi connectivity index (χ2n) is 8.90. The largest absolute Gasteiger partial charge is 0.480 e. The molecule has 9 nitrogen and oxygen atoms in total. The van der Waals surface area contributed by atoms with Gasteiger partial charge in [-0.1, -0.05) is 44.2 Å². The first-order valence-corrected chi connectivity index (χ1v) is 13.0. The van der Waals surface area contributed by atoms with Crippen LogP contribution in [0, 0.1) is 5.92 Å². The molecule has 0 spiro atoms. The van der Waals surface area contributed by atoms with Crippen LogP contribution in [-0.4, -0.2) is 76.4 Å². The summed E-state index contributed by atoms with van der Waals surface area (Å²) in [4.78, 5) is 51.9. The Morgan fingerprint density at radius 1 is 1.15 bits per heavy atom. The maximum atomic E-state index is 13.2. The van der Waals surface area contributed by atoms with Gasteiger partial charge in [0, 0.05) is 6.54 Å². The standard InChI is InChI=1S/C24H36N4O5S/c1-15(2)20(27-21(29)17(25)14-16-8-5-4-6-9-16)22(30)26-18(11-13-34-3)23(31)28-12-7-10-19(28)24(32)33/h4-6,8-9,15,17-20H,7,10-14,25H2,1-3H3,(H,26,30)(H,27,29)(H,32,33). The van der Waals surface area contributed by atoms with Crippen LogP contribution in [0.4, 0.5) is 0 Å². The van der Waals surface area contributed by atoms with E-state index in [0.717, 1.165) is 5.56 Å². The molecule has 0 aromatic heterocycles. The fourth-order valence-electron chi connectivity index (χ4n) is 4.00. The molecule has 4 atom stereocenters. The molecule has 34 heavy (non-hydrogen) atoms. The van der Waals surface area contributed by atoms with Gasteiger partial charge in [-0.05, 0) is 49.2 Å². The van der Waals surface area contributed by atoms with Gasteiger partial charge in [0.05, 0.1) is 6.04 Å². The average molecular weight is 493 g/mol. The number of amides is 3. The predicted octanol–water partition coefficient (Wildman–Crippen LogP) is 1.01. The van der Waals surface area contributed by atoms with Crippen molar-refractivity contribution in [3.8, 4) is 0 Å². The highest BCUT2D eigenvalue weighted by atomic mass is 32.2. The van der Waals surface area contributed by atoms with Gasteiger partial charge in [-0.3, -0.25) is 14.4 Å². The lowest BCUT2D eigenvalue weighted by molar-refractivity contribution is -0.149. The highest BCUT2D eigenvalue weighted by Crippen LogP contribution is 2.20. The minimum Gasteiger partial charge on any atom is -0.480 e. The zero-order valence-electron chi connectivity index (χ0n) is 20.0. The number of thioether (sulfide) groups is 1. The number of hydrogen-bond acceptors (Lipinski definition) is 6. The normalized spacial score (nSPS) is 18.3. The number of aliphatic carboxylic acids is 1. The van der Waals surface area contributed by atoms with E-state index in [2.05, 4.69) is 10.6 Å². The molecule has 1 aromatic rings. The van der Waals surface area contributed by atoms with E-state index < -0.39 is 47.9 Å². The first-order valence-electron chi connectivity index (χ1n) is 11.6. The van der Waals surface area contributed by atoms with Crippen molar-refractivity contribution < 1.29 is 24.3 Å². The molecule has 1 fully saturated rings. The van der Waals surface area contributed by atoms with E-state index >= 15 is 0 Å². The van der Waals surface area contributed by atoms with Gasteiger partial charge in [-0.2, -0.15) is 11.8 Å². The topological polar surface area (TPSA) is 142 Å². The lowest BCUT2D eigenvalue weighted by Crippen LogP contribution is -2.58. The van der Waals surface area contributed by atoms with Crippen LogP contribution in [0.3, 0.4) is 0 Å². The van der Waals surface area contributed by atoms with Crippen LogP contribution < -0.4 is 16.4 Å². The maximum Gasteiger partial charge on any atom is 0.326 e. The highest BCUT2D eigenvalue weighted by Gasteiger charge is 2.38. The molecule has 1 saturated heterocycles. The quantitative estimate of drug-likeness (QED) is 0.341. The maximum absolute atomic E-state index is 13.2. The monoisotopic (exact) mass is 492 g/mol. The van der Waals surface area contributed by atoms with E-state index in [1.54, 1.807) is 13.8 Å². The lowest BCUT2D eigenvalue weighted by Gasteiger charge is -2.30. The third-order valence-electron chi connectivity index (χ3n) is 5.93. The summed E-state index contributed by atoms with van der Waals surface area (Å²) in [5, 5.41) is 14.9. The SMILES string of the molecule is CSCCC(NC(=O)C(NC(=O)C(N)Cc1ccccc1)C(C)C)C(=O)N1CCCC1C(=O)O. The molecule has 3 amide bonds. The second kappa shape index (κ2) is 13.3. The van der Waals surface area contributed by atoms with E-state index in [0.29, 0.717) is 38.0 Å². The minimum atomic E-state index is -1.04. The number of likely N-dealkylation sites (tertiary alicyclic amines) is 1. The third kappa shape index (κ3) is 7.73. The molecule has 0 aliphatic carbocycles. The molecule has 1 heterocycles. The molecule has 5 N–H and O–H groups in total. The summed E-state index contributed by atoms with van der Waals surface area (Å²) in [6, 6.07) is 5.92. The van der Waals surface area contributed by atoms with Crippen LogP contribution >= 0.6 is 11.8 Å². The smallest absolute Gasteiger partial charge is 0.326 e. The Bertz CT molecular complexity index is 851. The summed E-state index contributed by atoms with van der Waals surface area (Å²) in [7, 11) is 0. The van der Waals surface area contributed by atoms with Gasteiger partial charge in [0.15, 0.2) is 0 Å². The van der Waals surface area contributed by atoms with Gasteiger partial charge in [-0.15, -0.1) is 0 Å². The van der Waals surface area contributed by atoms with Crippen LogP contribution in [0.15, 0.2) is 30.3 Å². The molecular weight excluding hydrogens is 456 g/mol. The lowest BCUT2D eigenvalue weighted by atomic mass is 10.0. The Morgan fingerprint density at radius 3 is 2.41 bits per heavy atom. The Balaban J connectivity index is 2.08. The van der Waals surface area contributed by atoms with Crippen LogP contribution in [0.5, 0.6) is 0 Å². The molecule has 0 radical (unpaired) electrons. The summed E-state index contributed by atoms with van der Waals surface area (Å²) in [6.07, 6.45) is 3.59. The van der Waals surface area contributed by atoms with Crippen molar-refractivity contribution in [1.82, 2.24) is 15.5 Å². The molecule has 1 aliphatic rings. The fraction of sp³-hybridized carbons (Fsp3) is 0.583. The van der Waals surface area contributed by atoms with Crippen LogP contribution in [-0.2, 0) is 25.6 Å². The summed E-state index contributed by atoms with van der Waals surface area (Å²) in [6.45, 7) is 3.94. The Hall–Kier alpha value is -2.59. The van der Waals surface area contributed by atoms with Crippen molar-refractivity contribution in [2.24, 2.45) is 11.7 Å². The Morgan fingerprint density at radius 2 is 1.82 bits per heavy atom. The zero-order valence-corrected chi connectivity index (χ0v) is 20.8. The van der Waals surface area contributed by atoms with Crippen molar-refractivity contribution in [3.63, 3.8) is 0 Å². The van der Waals surface area contributed by atoms with Gasteiger partial charge in [-0.25, -0.2) is 4.79 Å². The third-order valence-corrected chi connectivity index (χ3v) is 6.57. The molecule has 10 heteroatoms. The number of hydrogen-bond donors (Lipinski definition) is 4. The van der Waals surface area contributed by atoms with Crippen LogP contribution in [0.1, 0.15) is 38.7 Å². The van der Waals surface area contributed by atoms with Crippen molar-refractivity contribution in [3.05, 3.63) is 35.9 Å². The number of nitrogens with zero attached hydrogens (tertiary/aromatic N) is 1. The Kier molecular flexibility index (Phi) is 10.8. The molecule has 1 aliphatic heterocycles. The minimum absolute atomic E-state index is 0.247. The summed E-state index contributed by atoms with van der Waals surface area (Å²) in [5.41, 5.74) is 6.99. The molecule has 1 aromatic carbocycles. The molecule has 188 valence electrons. The number of carboxylic acid groups (broad SMARTS) is 1. The molecule has 0 bridgehead atoms. The molecular formula is C24H36N4O5S. The van der Waals surface area contributed by atoms with Gasteiger partial charge >= 0.3 is 5.97 Å². The number of rotatable bonds is 12. The van der Waals surface area contributed by atoms with Crippen molar-refractivity contribution in [2.75, 3.05) is 18.6 Å². The van der Waals surface area contributed by atoms with E-state index in [9.17, 15) is 24.3 Å². The van der Waals surface area contributed by atoms with E-state index in [1.165, 1.54) is 16.7 Å². The van der Waals surface area contributed by atoms with Crippen molar-refractivity contribution in [1.29, 1.82) is 0 Å². The van der Waals surface area contributed by atoms with Gasteiger partial charge < -0.3 is 26.4 Å². The summed E-state index contributed by atoms with van der Waals surface area (Å²) in [5.74, 6) is -2.01. The second-order valence-corrected chi connectivity index (χ2v) is 9.88. The number of carbonyl (C=O) groups excluding carboxylic acids is 3. The van der Waals surface area contributed by atoms with Gasteiger partial charge in [0.1, 0.15) is 18.1 Å². The van der Waals surface area contributed by atoms with E-state index in [-0.39, 0.29) is 5.92 Å². The molecule has 4 unspecified atom stereocenters. The number of benzene rings is 1. The number of nitrogens with two attached hydrogens (primary N) is 1. The first-order chi connectivity index (χ1) is 16.1. The molecule has 0 saturated carbocycles.